The quantitative estimate of drug-likeness (QED) is 0.731. The van der Waals surface area contributed by atoms with Gasteiger partial charge in [-0.25, -0.2) is 0 Å². The molecular formula is C15H13BrOS. The van der Waals surface area contributed by atoms with E-state index in [1.165, 1.54) is 5.56 Å². The highest BCUT2D eigenvalue weighted by Crippen LogP contribution is 2.32. The molecule has 0 saturated carbocycles. The van der Waals surface area contributed by atoms with Gasteiger partial charge in [0.25, 0.3) is 0 Å². The first-order valence-electron chi connectivity index (χ1n) is 5.61. The van der Waals surface area contributed by atoms with Crippen molar-refractivity contribution in [1.29, 1.82) is 0 Å². The van der Waals surface area contributed by atoms with Crippen LogP contribution in [0, 0.1) is 6.92 Å². The molecule has 0 aliphatic rings. The Balaban J connectivity index is 2.37. The van der Waals surface area contributed by atoms with Gasteiger partial charge in [-0.15, -0.1) is 0 Å². The maximum Gasteiger partial charge on any atom is 0.160 e. The van der Waals surface area contributed by atoms with E-state index in [1.54, 1.807) is 18.7 Å². The second-order valence-electron chi connectivity index (χ2n) is 4.12. The molecule has 18 heavy (non-hydrogen) atoms. The summed E-state index contributed by atoms with van der Waals surface area (Å²) in [5.41, 5.74) is 1.98. The van der Waals surface area contributed by atoms with Gasteiger partial charge in [-0.05, 0) is 44.2 Å². The third-order valence-electron chi connectivity index (χ3n) is 2.54. The maximum absolute atomic E-state index is 11.6. The van der Waals surface area contributed by atoms with Crippen molar-refractivity contribution in [2.24, 2.45) is 0 Å². The predicted octanol–water partition coefficient (Wildman–Crippen LogP) is 5.11. The Morgan fingerprint density at radius 2 is 1.94 bits per heavy atom. The van der Waals surface area contributed by atoms with Gasteiger partial charge in [0.1, 0.15) is 0 Å². The number of aryl methyl sites for hydroxylation is 1. The van der Waals surface area contributed by atoms with E-state index in [4.69, 9.17) is 0 Å². The number of Topliss-reactive ketones (excluding diaryl/α,β-unsaturated/α-hetero) is 1. The summed E-state index contributed by atoms with van der Waals surface area (Å²) >= 11 is 5.02. The fourth-order valence-corrected chi connectivity index (χ4v) is 3.13. The third kappa shape index (κ3) is 3.24. The Kier molecular flexibility index (Phi) is 4.25. The fraction of sp³-hybridized carbons (Fsp3) is 0.133. The van der Waals surface area contributed by atoms with Crippen molar-refractivity contribution < 1.29 is 4.79 Å². The van der Waals surface area contributed by atoms with E-state index in [0.29, 0.717) is 0 Å². The highest BCUT2D eigenvalue weighted by Gasteiger charge is 2.09. The van der Waals surface area contributed by atoms with Crippen LogP contribution in [0.25, 0.3) is 0 Å². The predicted molar refractivity (Wildman–Crippen MR) is 79.4 cm³/mol. The van der Waals surface area contributed by atoms with Crippen LogP contribution in [0.4, 0.5) is 0 Å². The molecule has 0 aromatic heterocycles. The number of benzene rings is 2. The van der Waals surface area contributed by atoms with Crippen LogP contribution >= 0.6 is 27.7 Å². The molecule has 0 amide bonds. The van der Waals surface area contributed by atoms with Crippen LogP contribution in [0.2, 0.25) is 0 Å². The van der Waals surface area contributed by atoms with E-state index >= 15 is 0 Å². The molecule has 0 N–H and O–H groups in total. The van der Waals surface area contributed by atoms with Crippen LogP contribution in [0.5, 0.6) is 0 Å². The topological polar surface area (TPSA) is 17.1 Å². The molecule has 0 bridgehead atoms. The summed E-state index contributed by atoms with van der Waals surface area (Å²) in [7, 11) is 0. The molecule has 1 nitrogen and oxygen atoms in total. The van der Waals surface area contributed by atoms with Crippen molar-refractivity contribution in [1.82, 2.24) is 0 Å². The van der Waals surface area contributed by atoms with Crippen molar-refractivity contribution in [3.05, 3.63) is 58.1 Å². The van der Waals surface area contributed by atoms with Crippen LogP contribution in [-0.2, 0) is 0 Å². The van der Waals surface area contributed by atoms with Gasteiger partial charge < -0.3 is 0 Å². The average molecular weight is 321 g/mol. The van der Waals surface area contributed by atoms with E-state index in [2.05, 4.69) is 41.1 Å². The zero-order valence-corrected chi connectivity index (χ0v) is 12.6. The molecule has 0 atom stereocenters. The molecule has 3 heteroatoms. The largest absolute Gasteiger partial charge is 0.294 e. The lowest BCUT2D eigenvalue weighted by atomic mass is 10.1. The number of carbonyl (C=O) groups excluding carboxylic acids is 1. The minimum atomic E-state index is 0.0893. The fourth-order valence-electron chi connectivity index (χ4n) is 1.67. The average Bonchev–Trinajstić information content (AvgIpc) is 2.31. The summed E-state index contributed by atoms with van der Waals surface area (Å²) in [6.45, 7) is 3.67. The lowest BCUT2D eigenvalue weighted by Gasteiger charge is -2.07. The van der Waals surface area contributed by atoms with Gasteiger partial charge in [-0.1, -0.05) is 45.4 Å². The summed E-state index contributed by atoms with van der Waals surface area (Å²) in [6.07, 6.45) is 0. The maximum atomic E-state index is 11.6. The first kappa shape index (κ1) is 13.4. The second kappa shape index (κ2) is 5.72. The summed E-state index contributed by atoms with van der Waals surface area (Å²) in [5, 5.41) is 0. The zero-order valence-electron chi connectivity index (χ0n) is 10.2. The highest BCUT2D eigenvalue weighted by atomic mass is 79.9. The van der Waals surface area contributed by atoms with Crippen LogP contribution in [-0.4, -0.2) is 5.78 Å². The molecule has 0 unspecified atom stereocenters. The van der Waals surface area contributed by atoms with Gasteiger partial charge >= 0.3 is 0 Å². The smallest absolute Gasteiger partial charge is 0.160 e. The number of hydrogen-bond acceptors (Lipinski definition) is 2. The minimum Gasteiger partial charge on any atom is -0.294 e. The molecule has 2 aromatic carbocycles. The van der Waals surface area contributed by atoms with Crippen LogP contribution in [0.15, 0.2) is 56.7 Å². The number of rotatable bonds is 3. The number of hydrogen-bond donors (Lipinski definition) is 0. The van der Waals surface area contributed by atoms with Crippen LogP contribution in [0.3, 0.4) is 0 Å². The number of ketones is 1. The van der Waals surface area contributed by atoms with Crippen molar-refractivity contribution >= 4 is 33.5 Å². The normalized spacial score (nSPS) is 10.4. The lowest BCUT2D eigenvalue weighted by molar-refractivity contribution is 0.101. The van der Waals surface area contributed by atoms with Crippen molar-refractivity contribution in [2.75, 3.05) is 0 Å². The molecular weight excluding hydrogens is 308 g/mol. The molecule has 0 aliphatic heterocycles. The van der Waals surface area contributed by atoms with Crippen molar-refractivity contribution in [2.45, 2.75) is 23.6 Å². The summed E-state index contributed by atoms with van der Waals surface area (Å²) < 4.78 is 0.932. The SMILES string of the molecule is CC(=O)c1cc(Br)ccc1Sc1cccc(C)c1. The monoisotopic (exact) mass is 320 g/mol. The van der Waals surface area contributed by atoms with Crippen LogP contribution < -0.4 is 0 Å². The standard InChI is InChI=1S/C15H13BrOS/c1-10-4-3-5-13(8-10)18-15-7-6-12(16)9-14(15)11(2)17/h3-9H,1-2H3. The first-order chi connectivity index (χ1) is 8.56. The van der Waals surface area contributed by atoms with Gasteiger partial charge in [0.2, 0.25) is 0 Å². The van der Waals surface area contributed by atoms with E-state index in [0.717, 1.165) is 19.8 Å². The summed E-state index contributed by atoms with van der Waals surface area (Å²) in [6, 6.07) is 14.1. The Bertz CT molecular complexity index is 593. The van der Waals surface area contributed by atoms with E-state index in [-0.39, 0.29) is 5.78 Å². The van der Waals surface area contributed by atoms with Gasteiger partial charge in [0.05, 0.1) is 0 Å². The Labute approximate surface area is 120 Å². The Morgan fingerprint density at radius 1 is 1.17 bits per heavy atom. The molecule has 92 valence electrons. The minimum absolute atomic E-state index is 0.0893. The molecule has 0 aliphatic carbocycles. The molecule has 2 aromatic rings. The number of carbonyl (C=O) groups is 1. The first-order valence-corrected chi connectivity index (χ1v) is 7.22. The molecule has 0 spiro atoms. The molecule has 0 saturated heterocycles. The van der Waals surface area contributed by atoms with Crippen LogP contribution in [0.1, 0.15) is 22.8 Å². The van der Waals surface area contributed by atoms with Gasteiger partial charge in [-0.2, -0.15) is 0 Å². The molecule has 2 rings (SSSR count). The molecule has 0 fully saturated rings. The third-order valence-corrected chi connectivity index (χ3v) is 4.10. The lowest BCUT2D eigenvalue weighted by Crippen LogP contribution is -1.95. The van der Waals surface area contributed by atoms with E-state index < -0.39 is 0 Å². The van der Waals surface area contributed by atoms with Gasteiger partial charge in [0, 0.05) is 19.8 Å². The van der Waals surface area contributed by atoms with Gasteiger partial charge in [0.15, 0.2) is 5.78 Å². The van der Waals surface area contributed by atoms with Crippen molar-refractivity contribution in [3.63, 3.8) is 0 Å². The highest BCUT2D eigenvalue weighted by molar-refractivity contribution is 9.10. The Hall–Kier alpha value is -1.06. The second-order valence-corrected chi connectivity index (χ2v) is 6.15. The Morgan fingerprint density at radius 3 is 2.61 bits per heavy atom. The van der Waals surface area contributed by atoms with E-state index in [1.807, 2.05) is 24.3 Å². The van der Waals surface area contributed by atoms with Gasteiger partial charge in [-0.3, -0.25) is 4.79 Å². The van der Waals surface area contributed by atoms with E-state index in [9.17, 15) is 4.79 Å². The summed E-state index contributed by atoms with van der Waals surface area (Å²) in [5.74, 6) is 0.0893. The number of halogens is 1. The zero-order chi connectivity index (χ0) is 13.1. The van der Waals surface area contributed by atoms with Crippen molar-refractivity contribution in [3.8, 4) is 0 Å². The molecule has 0 radical (unpaired) electrons. The molecule has 0 heterocycles. The summed E-state index contributed by atoms with van der Waals surface area (Å²) in [4.78, 5) is 13.8.